The Morgan fingerprint density at radius 1 is 1.04 bits per heavy atom. The molecule has 2 aromatic rings. The van der Waals surface area contributed by atoms with Gasteiger partial charge in [0.2, 0.25) is 0 Å². The maximum Gasteiger partial charge on any atom is 0.344 e. The largest absolute Gasteiger partial charge is 0.618 e. The van der Waals surface area contributed by atoms with Gasteiger partial charge in [0, 0.05) is 12.3 Å². The zero-order valence-electron chi connectivity index (χ0n) is 12.2. The first-order valence-corrected chi connectivity index (χ1v) is 6.81. The molecule has 0 aliphatic carbocycles. The first-order valence-electron chi connectivity index (χ1n) is 6.06. The highest BCUT2D eigenvalue weighted by Crippen LogP contribution is 2.05. The average molecular weight is 359 g/mol. The summed E-state index contributed by atoms with van der Waals surface area (Å²) in [6, 6.07) is 5.85. The first-order chi connectivity index (χ1) is 10.9. The van der Waals surface area contributed by atoms with Crippen LogP contribution in [0.3, 0.4) is 0 Å². The minimum atomic E-state index is -0.559. The summed E-state index contributed by atoms with van der Waals surface area (Å²) < 4.78 is 9.25. The lowest BCUT2D eigenvalue weighted by Gasteiger charge is -2.00. The van der Waals surface area contributed by atoms with Crippen LogP contribution in [-0.2, 0) is 9.47 Å². The number of carbonyl (C=O) groups excluding carboxylic acids is 2. The Morgan fingerprint density at radius 2 is 1.61 bits per heavy atom. The molecule has 23 heavy (non-hydrogen) atoms. The molecular formula is C14H12Cl2N2O5. The molecule has 9 heteroatoms. The zero-order chi connectivity index (χ0) is 17.4. The van der Waals surface area contributed by atoms with Crippen LogP contribution in [0.1, 0.15) is 20.7 Å². The van der Waals surface area contributed by atoms with E-state index in [2.05, 4.69) is 14.5 Å². The molecule has 0 aliphatic heterocycles. The zero-order valence-corrected chi connectivity index (χ0v) is 13.7. The van der Waals surface area contributed by atoms with E-state index >= 15 is 0 Å². The summed E-state index contributed by atoms with van der Waals surface area (Å²) in [4.78, 5) is 25.4. The molecule has 0 bridgehead atoms. The highest BCUT2D eigenvalue weighted by molar-refractivity contribution is 6.29. The number of hydrogen-bond donors (Lipinski definition) is 0. The van der Waals surface area contributed by atoms with Crippen molar-refractivity contribution in [3.8, 4) is 0 Å². The van der Waals surface area contributed by atoms with Gasteiger partial charge in [-0.2, -0.15) is 4.73 Å². The Kier molecular flexibility index (Phi) is 7.24. The monoisotopic (exact) mass is 358 g/mol. The molecular weight excluding hydrogens is 347 g/mol. The number of carbonyl (C=O) groups is 2. The molecule has 2 heterocycles. The third kappa shape index (κ3) is 5.72. The summed E-state index contributed by atoms with van der Waals surface area (Å²) in [6.07, 6.45) is 2.43. The Labute approximate surface area is 142 Å². The van der Waals surface area contributed by atoms with Crippen LogP contribution in [-0.4, -0.2) is 31.1 Å². The van der Waals surface area contributed by atoms with Gasteiger partial charge >= 0.3 is 11.9 Å². The van der Waals surface area contributed by atoms with E-state index in [1.807, 2.05) is 0 Å². The normalized spacial score (nSPS) is 9.39. The van der Waals surface area contributed by atoms with E-state index in [0.717, 1.165) is 6.20 Å². The van der Waals surface area contributed by atoms with E-state index in [4.69, 9.17) is 23.2 Å². The van der Waals surface area contributed by atoms with Gasteiger partial charge in [-0.1, -0.05) is 11.6 Å². The number of pyridine rings is 2. The van der Waals surface area contributed by atoms with Gasteiger partial charge in [-0.15, -0.1) is 0 Å². The summed E-state index contributed by atoms with van der Waals surface area (Å²) in [5.74, 6) is -0.967. The minimum absolute atomic E-state index is 0.0163. The predicted molar refractivity (Wildman–Crippen MR) is 82.3 cm³/mol. The predicted octanol–water partition coefficient (Wildman–Crippen LogP) is 2.28. The van der Waals surface area contributed by atoms with Gasteiger partial charge in [-0.3, -0.25) is 0 Å². The smallest absolute Gasteiger partial charge is 0.344 e. The van der Waals surface area contributed by atoms with Crippen LogP contribution in [0.25, 0.3) is 0 Å². The quantitative estimate of drug-likeness (QED) is 0.354. The van der Waals surface area contributed by atoms with E-state index in [1.54, 1.807) is 6.07 Å². The van der Waals surface area contributed by atoms with Crippen molar-refractivity contribution in [1.29, 1.82) is 0 Å². The van der Waals surface area contributed by atoms with Crippen LogP contribution in [0.2, 0.25) is 10.3 Å². The van der Waals surface area contributed by atoms with Gasteiger partial charge in [0.05, 0.1) is 19.8 Å². The van der Waals surface area contributed by atoms with Gasteiger partial charge in [-0.25, -0.2) is 14.6 Å². The van der Waals surface area contributed by atoms with Crippen molar-refractivity contribution in [2.24, 2.45) is 0 Å². The van der Waals surface area contributed by atoms with Crippen LogP contribution in [0.15, 0.2) is 36.7 Å². The number of rotatable bonds is 2. The van der Waals surface area contributed by atoms with Gasteiger partial charge < -0.3 is 14.7 Å². The van der Waals surface area contributed by atoms with Crippen LogP contribution in [0.5, 0.6) is 0 Å². The van der Waals surface area contributed by atoms with Gasteiger partial charge in [0.1, 0.15) is 10.7 Å². The number of nitrogens with zero attached hydrogens (tertiary/aromatic N) is 2. The van der Waals surface area contributed by atoms with Crippen molar-refractivity contribution in [3.63, 3.8) is 0 Å². The van der Waals surface area contributed by atoms with Gasteiger partial charge in [0.15, 0.2) is 6.20 Å². The van der Waals surface area contributed by atoms with E-state index in [0.29, 0.717) is 15.4 Å². The lowest BCUT2D eigenvalue weighted by atomic mass is 10.3. The maximum atomic E-state index is 10.9. The summed E-state index contributed by atoms with van der Waals surface area (Å²) >= 11 is 10.9. The molecule has 0 saturated heterocycles. The topological polar surface area (TPSA) is 92.4 Å². The van der Waals surface area contributed by atoms with Gasteiger partial charge in [0.25, 0.3) is 5.15 Å². The standard InChI is InChI=1S/C7H6ClNO3.C7H6ClNO2/c1-12-7(10)5-2-3-6(8)9(11)4-5;1-11-7(10)5-2-3-6(8)9-4-5/h2-4H,1H3;2-4H,1H3. The number of halogens is 2. The Bertz CT molecular complexity index is 692. The van der Waals surface area contributed by atoms with Crippen LogP contribution in [0, 0.1) is 5.21 Å². The molecule has 122 valence electrons. The first kappa shape index (κ1) is 18.7. The molecule has 0 fully saturated rings. The molecule has 2 rings (SSSR count). The Hall–Kier alpha value is -2.38. The number of ether oxygens (including phenoxy) is 2. The van der Waals surface area contributed by atoms with Crippen LogP contribution >= 0.6 is 23.2 Å². The van der Waals surface area contributed by atoms with Crippen LogP contribution < -0.4 is 4.73 Å². The Balaban J connectivity index is 0.000000231. The van der Waals surface area contributed by atoms with Crippen molar-refractivity contribution in [1.82, 2.24) is 4.98 Å². The fourth-order valence-corrected chi connectivity index (χ4v) is 1.54. The molecule has 0 aliphatic rings. The molecule has 0 N–H and O–H groups in total. The third-order valence-corrected chi connectivity index (χ3v) is 2.95. The minimum Gasteiger partial charge on any atom is -0.618 e. The molecule has 0 unspecified atom stereocenters. The summed E-state index contributed by atoms with van der Waals surface area (Å²) in [5.41, 5.74) is 0.578. The molecule has 0 atom stereocenters. The van der Waals surface area contributed by atoms with Crippen molar-refractivity contribution < 1.29 is 23.8 Å². The van der Waals surface area contributed by atoms with Crippen LogP contribution in [0.4, 0.5) is 0 Å². The highest BCUT2D eigenvalue weighted by Gasteiger charge is 2.10. The second-order valence-electron chi connectivity index (χ2n) is 3.92. The van der Waals surface area contributed by atoms with E-state index in [9.17, 15) is 14.8 Å². The number of esters is 2. The second-order valence-corrected chi connectivity index (χ2v) is 4.69. The molecule has 0 amide bonds. The summed E-state index contributed by atoms with van der Waals surface area (Å²) in [6.45, 7) is 0. The Morgan fingerprint density at radius 3 is 2.09 bits per heavy atom. The molecule has 0 spiro atoms. The molecule has 7 nitrogen and oxygen atoms in total. The molecule has 0 radical (unpaired) electrons. The van der Waals surface area contributed by atoms with Crippen molar-refractivity contribution in [2.75, 3.05) is 14.2 Å². The fourth-order valence-electron chi connectivity index (χ4n) is 1.32. The number of aromatic nitrogens is 2. The van der Waals surface area contributed by atoms with Crippen molar-refractivity contribution in [2.45, 2.75) is 0 Å². The second kappa shape index (κ2) is 8.92. The molecule has 2 aromatic heterocycles. The summed E-state index contributed by atoms with van der Waals surface area (Å²) in [5, 5.41) is 11.2. The van der Waals surface area contributed by atoms with Crippen molar-refractivity contribution >= 4 is 35.1 Å². The fraction of sp³-hybridized carbons (Fsp3) is 0.143. The SMILES string of the molecule is COC(=O)c1ccc(Cl)[n+]([O-])c1.COC(=O)c1ccc(Cl)nc1. The van der Waals surface area contributed by atoms with E-state index in [1.165, 1.54) is 38.6 Å². The van der Waals surface area contributed by atoms with Gasteiger partial charge in [-0.05, 0) is 29.8 Å². The third-order valence-electron chi connectivity index (χ3n) is 2.44. The maximum absolute atomic E-state index is 10.9. The van der Waals surface area contributed by atoms with E-state index in [-0.39, 0.29) is 10.7 Å². The number of methoxy groups -OCH3 is 2. The molecule has 0 aromatic carbocycles. The summed E-state index contributed by atoms with van der Waals surface area (Å²) in [7, 11) is 2.56. The lowest BCUT2D eigenvalue weighted by Crippen LogP contribution is -2.28. The highest BCUT2D eigenvalue weighted by atomic mass is 35.5. The average Bonchev–Trinajstić information content (AvgIpc) is 2.57. The van der Waals surface area contributed by atoms with Crippen molar-refractivity contribution in [3.05, 3.63) is 63.3 Å². The lowest BCUT2D eigenvalue weighted by molar-refractivity contribution is -0.603. The number of hydrogen-bond acceptors (Lipinski definition) is 6. The molecule has 0 saturated carbocycles. The van der Waals surface area contributed by atoms with E-state index < -0.39 is 11.9 Å².